The molecule has 1 saturated heterocycles. The lowest BCUT2D eigenvalue weighted by molar-refractivity contribution is -0.125. The maximum absolute atomic E-state index is 12.5. The molecule has 0 aliphatic carbocycles. The number of hydrogen-bond donors (Lipinski definition) is 3. The van der Waals surface area contributed by atoms with Crippen LogP contribution in [0.15, 0.2) is 24.3 Å². The normalized spacial score (nSPS) is 15.6. The molecule has 0 unspecified atom stereocenters. The van der Waals surface area contributed by atoms with Gasteiger partial charge >= 0.3 is 0 Å². The van der Waals surface area contributed by atoms with Gasteiger partial charge in [0.05, 0.1) is 5.41 Å². The van der Waals surface area contributed by atoms with Crippen molar-refractivity contribution < 1.29 is 14.3 Å². The monoisotopic (exact) mass is 347 g/mol. The minimum atomic E-state index is -0.543. The molecule has 0 bridgehead atoms. The average molecular weight is 347 g/mol. The minimum absolute atomic E-state index is 0.0700. The number of ether oxygens (including phenoxy) is 1. The number of amides is 2. The van der Waals surface area contributed by atoms with Crippen molar-refractivity contribution in [3.63, 3.8) is 0 Å². The van der Waals surface area contributed by atoms with Crippen LogP contribution in [0.1, 0.15) is 49.9 Å². The van der Waals surface area contributed by atoms with E-state index in [1.54, 1.807) is 24.3 Å². The Hall–Kier alpha value is -1.92. The molecule has 6 heteroatoms. The standard InChI is InChI=1S/C19H29N3O3/c1-3-19(4-2,13-20)18(24)22-15-7-5-14(6-8-15)17(23)21-16-9-11-25-12-10-16/h5-8,16H,3-4,9-13,20H2,1-2H3,(H,21,23)(H,22,24). The lowest BCUT2D eigenvalue weighted by atomic mass is 9.81. The smallest absolute Gasteiger partial charge is 0.251 e. The molecule has 138 valence electrons. The van der Waals surface area contributed by atoms with E-state index in [2.05, 4.69) is 10.6 Å². The highest BCUT2D eigenvalue weighted by molar-refractivity contribution is 5.97. The molecule has 1 heterocycles. The summed E-state index contributed by atoms with van der Waals surface area (Å²) in [6.07, 6.45) is 3.07. The van der Waals surface area contributed by atoms with Crippen molar-refractivity contribution in [2.24, 2.45) is 11.1 Å². The maximum atomic E-state index is 12.5. The third-order valence-corrected chi connectivity index (χ3v) is 5.19. The van der Waals surface area contributed by atoms with E-state index in [0.717, 1.165) is 12.8 Å². The Balaban J connectivity index is 1.97. The van der Waals surface area contributed by atoms with Gasteiger partial charge in [-0.2, -0.15) is 0 Å². The average Bonchev–Trinajstić information content (AvgIpc) is 2.65. The van der Waals surface area contributed by atoms with Crippen LogP contribution in [0.25, 0.3) is 0 Å². The summed E-state index contributed by atoms with van der Waals surface area (Å²) < 4.78 is 5.29. The molecule has 1 fully saturated rings. The van der Waals surface area contributed by atoms with Gasteiger partial charge in [0.1, 0.15) is 0 Å². The second-order valence-corrected chi connectivity index (χ2v) is 6.58. The van der Waals surface area contributed by atoms with Gasteiger partial charge in [0.15, 0.2) is 0 Å². The van der Waals surface area contributed by atoms with E-state index in [-0.39, 0.29) is 17.9 Å². The molecule has 25 heavy (non-hydrogen) atoms. The van der Waals surface area contributed by atoms with Crippen LogP contribution in [0, 0.1) is 5.41 Å². The molecule has 0 atom stereocenters. The fraction of sp³-hybridized carbons (Fsp3) is 0.579. The third kappa shape index (κ3) is 4.80. The molecule has 1 aromatic rings. The first-order chi connectivity index (χ1) is 12.0. The van der Waals surface area contributed by atoms with E-state index >= 15 is 0 Å². The van der Waals surface area contributed by atoms with Crippen molar-refractivity contribution in [3.8, 4) is 0 Å². The molecule has 1 aromatic carbocycles. The fourth-order valence-corrected chi connectivity index (χ4v) is 3.03. The summed E-state index contributed by atoms with van der Waals surface area (Å²) in [6.45, 7) is 5.64. The number of rotatable bonds is 7. The molecule has 1 aliphatic rings. The summed E-state index contributed by atoms with van der Waals surface area (Å²) >= 11 is 0. The SMILES string of the molecule is CCC(CC)(CN)C(=O)Nc1ccc(C(=O)NC2CCOCC2)cc1. The Morgan fingerprint density at radius 1 is 1.16 bits per heavy atom. The van der Waals surface area contributed by atoms with Crippen molar-refractivity contribution >= 4 is 17.5 Å². The van der Waals surface area contributed by atoms with Crippen LogP contribution in [0.2, 0.25) is 0 Å². The predicted molar refractivity (Wildman–Crippen MR) is 98.4 cm³/mol. The summed E-state index contributed by atoms with van der Waals surface area (Å²) in [5.74, 6) is -0.164. The molecule has 0 aromatic heterocycles. The first-order valence-electron chi connectivity index (χ1n) is 9.05. The van der Waals surface area contributed by atoms with Crippen LogP contribution in [-0.4, -0.2) is 37.6 Å². The predicted octanol–water partition coefficient (Wildman–Crippen LogP) is 2.30. The molecule has 4 N–H and O–H groups in total. The van der Waals surface area contributed by atoms with Crippen molar-refractivity contribution in [1.82, 2.24) is 5.32 Å². The van der Waals surface area contributed by atoms with E-state index in [4.69, 9.17) is 10.5 Å². The highest BCUT2D eigenvalue weighted by atomic mass is 16.5. The lowest BCUT2D eigenvalue weighted by Gasteiger charge is -2.28. The van der Waals surface area contributed by atoms with Crippen molar-refractivity contribution in [3.05, 3.63) is 29.8 Å². The van der Waals surface area contributed by atoms with Crippen LogP contribution in [-0.2, 0) is 9.53 Å². The highest BCUT2D eigenvalue weighted by Crippen LogP contribution is 2.27. The van der Waals surface area contributed by atoms with E-state index < -0.39 is 5.41 Å². The maximum Gasteiger partial charge on any atom is 0.251 e. The van der Waals surface area contributed by atoms with Crippen molar-refractivity contribution in [2.75, 3.05) is 25.1 Å². The highest BCUT2D eigenvalue weighted by Gasteiger charge is 2.33. The molecule has 1 aliphatic heterocycles. The molecule has 2 amide bonds. The van der Waals surface area contributed by atoms with Gasteiger partial charge in [0, 0.05) is 37.1 Å². The molecule has 2 rings (SSSR count). The van der Waals surface area contributed by atoms with E-state index in [9.17, 15) is 9.59 Å². The Morgan fingerprint density at radius 2 is 1.76 bits per heavy atom. The first kappa shape index (κ1) is 19.4. The number of anilines is 1. The number of benzene rings is 1. The van der Waals surface area contributed by atoms with Gasteiger partial charge in [-0.3, -0.25) is 9.59 Å². The van der Waals surface area contributed by atoms with Crippen LogP contribution < -0.4 is 16.4 Å². The fourth-order valence-electron chi connectivity index (χ4n) is 3.03. The van der Waals surface area contributed by atoms with E-state index in [1.807, 2.05) is 13.8 Å². The molecule has 0 saturated carbocycles. The number of nitrogens with two attached hydrogens (primary N) is 1. The summed E-state index contributed by atoms with van der Waals surface area (Å²) in [4.78, 5) is 24.8. The molecule has 0 radical (unpaired) electrons. The summed E-state index contributed by atoms with van der Waals surface area (Å²) in [6, 6.07) is 7.13. The number of nitrogens with one attached hydrogen (secondary N) is 2. The van der Waals surface area contributed by atoms with Crippen molar-refractivity contribution in [2.45, 2.75) is 45.6 Å². The van der Waals surface area contributed by atoms with Crippen LogP contribution in [0.4, 0.5) is 5.69 Å². The first-order valence-corrected chi connectivity index (χ1v) is 9.05. The second-order valence-electron chi connectivity index (χ2n) is 6.58. The third-order valence-electron chi connectivity index (χ3n) is 5.19. The van der Waals surface area contributed by atoms with E-state index in [1.165, 1.54) is 0 Å². The molecular formula is C19H29N3O3. The summed E-state index contributed by atoms with van der Waals surface area (Å²) in [7, 11) is 0. The lowest BCUT2D eigenvalue weighted by Crippen LogP contribution is -2.41. The number of carbonyl (C=O) groups is 2. The van der Waals surface area contributed by atoms with Gasteiger partial charge in [0.25, 0.3) is 5.91 Å². The van der Waals surface area contributed by atoms with Crippen molar-refractivity contribution in [1.29, 1.82) is 0 Å². The summed E-state index contributed by atoms with van der Waals surface area (Å²) in [5.41, 5.74) is 6.53. The van der Waals surface area contributed by atoms with Gasteiger partial charge in [-0.15, -0.1) is 0 Å². The Bertz CT molecular complexity index is 568. The van der Waals surface area contributed by atoms with Gasteiger partial charge in [-0.25, -0.2) is 0 Å². The number of hydrogen-bond acceptors (Lipinski definition) is 4. The number of carbonyl (C=O) groups excluding carboxylic acids is 2. The quantitative estimate of drug-likeness (QED) is 0.705. The molecule has 0 spiro atoms. The largest absolute Gasteiger partial charge is 0.381 e. The van der Waals surface area contributed by atoms with Gasteiger partial charge in [0.2, 0.25) is 5.91 Å². The zero-order chi connectivity index (χ0) is 18.3. The minimum Gasteiger partial charge on any atom is -0.381 e. The van der Waals surface area contributed by atoms with Gasteiger partial charge in [-0.05, 0) is 49.9 Å². The Kier molecular flexibility index (Phi) is 6.96. The zero-order valence-electron chi connectivity index (χ0n) is 15.1. The van der Waals surface area contributed by atoms with Gasteiger partial charge in [-0.1, -0.05) is 13.8 Å². The Morgan fingerprint density at radius 3 is 2.28 bits per heavy atom. The molecular weight excluding hydrogens is 318 g/mol. The van der Waals surface area contributed by atoms with Gasteiger partial charge < -0.3 is 21.1 Å². The van der Waals surface area contributed by atoms with E-state index in [0.29, 0.717) is 43.9 Å². The Labute approximate surface area is 149 Å². The topological polar surface area (TPSA) is 93.5 Å². The molecule has 6 nitrogen and oxygen atoms in total. The summed E-state index contributed by atoms with van der Waals surface area (Å²) in [5, 5.41) is 5.94. The second kappa shape index (κ2) is 8.97. The van der Waals surface area contributed by atoms with Crippen LogP contribution >= 0.6 is 0 Å². The zero-order valence-corrected chi connectivity index (χ0v) is 15.1. The van der Waals surface area contributed by atoms with Crippen LogP contribution in [0.3, 0.4) is 0 Å². The van der Waals surface area contributed by atoms with Crippen LogP contribution in [0.5, 0.6) is 0 Å².